The quantitative estimate of drug-likeness (QED) is 0.688. The summed E-state index contributed by atoms with van der Waals surface area (Å²) in [7, 11) is 1.67. The second-order valence-electron chi connectivity index (χ2n) is 9.27. The largest absolute Gasteiger partial charge is 0.481 e. The van der Waals surface area contributed by atoms with Crippen LogP contribution in [0.5, 0.6) is 5.88 Å². The van der Waals surface area contributed by atoms with E-state index in [1.54, 1.807) is 7.11 Å². The highest BCUT2D eigenvalue weighted by Crippen LogP contribution is 2.42. The van der Waals surface area contributed by atoms with Gasteiger partial charge in [-0.05, 0) is 74.4 Å². The number of ether oxygens (including phenoxy) is 2. The number of esters is 1. The molecule has 2 aromatic rings. The molecular weight excluding hydrogens is 390 g/mol. The summed E-state index contributed by atoms with van der Waals surface area (Å²) in [4.78, 5) is 21.1. The lowest BCUT2D eigenvalue weighted by Gasteiger charge is -2.39. The number of pyridine rings is 1. The van der Waals surface area contributed by atoms with Crippen molar-refractivity contribution >= 4 is 11.7 Å². The number of cyclic esters (lactones) is 1. The van der Waals surface area contributed by atoms with Gasteiger partial charge in [-0.2, -0.15) is 0 Å². The molecule has 0 atom stereocenters. The Balaban J connectivity index is 1.16. The number of aromatic nitrogens is 1. The van der Waals surface area contributed by atoms with Gasteiger partial charge in [0, 0.05) is 43.1 Å². The van der Waals surface area contributed by atoms with Crippen LogP contribution in [0.4, 0.5) is 5.69 Å². The maximum absolute atomic E-state index is 11.8. The second kappa shape index (κ2) is 8.15. The molecule has 0 aliphatic carbocycles. The molecule has 164 valence electrons. The van der Waals surface area contributed by atoms with Gasteiger partial charge in [-0.25, -0.2) is 9.78 Å². The summed E-state index contributed by atoms with van der Waals surface area (Å²) in [6.07, 6.45) is 6.66. The van der Waals surface area contributed by atoms with Crippen LogP contribution in [-0.4, -0.2) is 55.7 Å². The zero-order valence-corrected chi connectivity index (χ0v) is 18.5. The van der Waals surface area contributed by atoms with Crippen LogP contribution in [0.15, 0.2) is 30.5 Å². The molecule has 2 fully saturated rings. The number of rotatable bonds is 5. The maximum Gasteiger partial charge on any atom is 0.338 e. The molecule has 0 saturated carbocycles. The number of likely N-dealkylation sites (tertiary alicyclic amines) is 1. The Labute approximate surface area is 184 Å². The van der Waals surface area contributed by atoms with Gasteiger partial charge in [-0.1, -0.05) is 6.07 Å². The normalized spacial score (nSPS) is 20.2. The van der Waals surface area contributed by atoms with Crippen molar-refractivity contribution in [1.29, 1.82) is 0 Å². The fourth-order valence-corrected chi connectivity index (χ4v) is 5.47. The number of fused-ring (bicyclic) bond motifs is 1. The van der Waals surface area contributed by atoms with E-state index in [0.29, 0.717) is 17.9 Å². The van der Waals surface area contributed by atoms with E-state index < -0.39 is 0 Å². The van der Waals surface area contributed by atoms with Crippen LogP contribution < -0.4 is 9.64 Å². The smallest absolute Gasteiger partial charge is 0.338 e. The number of benzene rings is 1. The number of nitrogens with zero attached hydrogens (tertiary/aromatic N) is 3. The number of hydrogen-bond donors (Lipinski definition) is 0. The van der Waals surface area contributed by atoms with Gasteiger partial charge in [-0.15, -0.1) is 0 Å². The summed E-state index contributed by atoms with van der Waals surface area (Å²) in [5.41, 5.74) is 6.07. The molecule has 5 rings (SSSR count). The highest BCUT2D eigenvalue weighted by Gasteiger charge is 2.40. The minimum absolute atomic E-state index is 0.179. The lowest BCUT2D eigenvalue weighted by molar-refractivity contribution is 0.0535. The molecule has 0 N–H and O–H groups in total. The van der Waals surface area contributed by atoms with E-state index in [2.05, 4.69) is 33.8 Å². The van der Waals surface area contributed by atoms with Crippen molar-refractivity contribution in [2.75, 3.05) is 44.7 Å². The van der Waals surface area contributed by atoms with Gasteiger partial charge in [0.1, 0.15) is 6.61 Å². The predicted molar refractivity (Wildman–Crippen MR) is 120 cm³/mol. The van der Waals surface area contributed by atoms with Crippen LogP contribution >= 0.6 is 0 Å². The third-order valence-electron chi connectivity index (χ3n) is 7.62. The van der Waals surface area contributed by atoms with Crippen LogP contribution in [0.2, 0.25) is 0 Å². The van der Waals surface area contributed by atoms with Gasteiger partial charge >= 0.3 is 5.97 Å². The Morgan fingerprint density at radius 2 is 1.97 bits per heavy atom. The Kier molecular flexibility index (Phi) is 5.34. The van der Waals surface area contributed by atoms with Gasteiger partial charge in [0.25, 0.3) is 0 Å². The first kappa shape index (κ1) is 20.3. The Morgan fingerprint density at radius 3 is 2.77 bits per heavy atom. The summed E-state index contributed by atoms with van der Waals surface area (Å²) in [5.74, 6) is 0.507. The molecular formula is C25H31N3O3. The van der Waals surface area contributed by atoms with Gasteiger partial charge < -0.3 is 19.3 Å². The van der Waals surface area contributed by atoms with E-state index in [9.17, 15) is 4.79 Å². The molecule has 2 saturated heterocycles. The number of carbonyl (C=O) groups excluding carboxylic acids is 1. The molecule has 6 nitrogen and oxygen atoms in total. The highest BCUT2D eigenvalue weighted by atomic mass is 16.5. The topological polar surface area (TPSA) is 54.9 Å². The molecule has 4 heterocycles. The molecule has 1 aromatic carbocycles. The lowest BCUT2D eigenvalue weighted by Crippen LogP contribution is -2.42. The molecule has 1 spiro atoms. The first-order chi connectivity index (χ1) is 15.1. The summed E-state index contributed by atoms with van der Waals surface area (Å²) in [6.45, 7) is 8.21. The van der Waals surface area contributed by atoms with Gasteiger partial charge in [0.05, 0.1) is 12.7 Å². The van der Waals surface area contributed by atoms with Crippen molar-refractivity contribution in [3.05, 3.63) is 52.7 Å². The summed E-state index contributed by atoms with van der Waals surface area (Å²) in [6, 6.07) is 8.20. The first-order valence-electron chi connectivity index (χ1n) is 11.3. The zero-order chi connectivity index (χ0) is 21.4. The maximum atomic E-state index is 11.8. The van der Waals surface area contributed by atoms with Crippen LogP contribution in [0.25, 0.3) is 0 Å². The third kappa shape index (κ3) is 3.89. The lowest BCUT2D eigenvalue weighted by atomic mass is 9.77. The van der Waals surface area contributed by atoms with Crippen LogP contribution in [0.1, 0.15) is 46.3 Å². The van der Waals surface area contributed by atoms with Crippen molar-refractivity contribution in [1.82, 2.24) is 9.88 Å². The van der Waals surface area contributed by atoms with Gasteiger partial charge in [0.2, 0.25) is 5.88 Å². The molecule has 0 amide bonds. The van der Waals surface area contributed by atoms with Crippen LogP contribution in [0, 0.1) is 12.3 Å². The minimum atomic E-state index is -0.179. The summed E-state index contributed by atoms with van der Waals surface area (Å²) < 4.78 is 10.5. The zero-order valence-electron chi connectivity index (χ0n) is 18.5. The van der Waals surface area contributed by atoms with E-state index >= 15 is 0 Å². The molecule has 6 heteroatoms. The number of carbonyl (C=O) groups is 1. The second-order valence-corrected chi connectivity index (χ2v) is 9.27. The summed E-state index contributed by atoms with van der Waals surface area (Å²) >= 11 is 0. The Bertz CT molecular complexity index is 982. The highest BCUT2D eigenvalue weighted by molar-refractivity contribution is 5.93. The number of hydrogen-bond acceptors (Lipinski definition) is 6. The monoisotopic (exact) mass is 421 g/mol. The predicted octanol–water partition coefficient (Wildman–Crippen LogP) is 3.60. The van der Waals surface area contributed by atoms with E-state index in [1.165, 1.54) is 49.2 Å². The van der Waals surface area contributed by atoms with Crippen molar-refractivity contribution in [2.45, 2.75) is 39.2 Å². The average Bonchev–Trinajstić information content (AvgIpc) is 3.39. The molecule has 31 heavy (non-hydrogen) atoms. The third-order valence-corrected chi connectivity index (χ3v) is 7.62. The Morgan fingerprint density at radius 1 is 1.16 bits per heavy atom. The molecule has 1 aromatic heterocycles. The van der Waals surface area contributed by atoms with Crippen LogP contribution in [-0.2, 0) is 17.8 Å². The van der Waals surface area contributed by atoms with Crippen molar-refractivity contribution in [3.63, 3.8) is 0 Å². The van der Waals surface area contributed by atoms with E-state index in [0.717, 1.165) is 37.2 Å². The van der Waals surface area contributed by atoms with Crippen LogP contribution in [0.3, 0.4) is 0 Å². The molecule has 3 aliphatic heterocycles. The van der Waals surface area contributed by atoms with E-state index in [-0.39, 0.29) is 5.97 Å². The van der Waals surface area contributed by atoms with Gasteiger partial charge in [-0.3, -0.25) is 0 Å². The van der Waals surface area contributed by atoms with Gasteiger partial charge in [0.15, 0.2) is 0 Å². The van der Waals surface area contributed by atoms with Crippen molar-refractivity contribution in [2.24, 2.45) is 5.41 Å². The minimum Gasteiger partial charge on any atom is -0.481 e. The molecule has 0 radical (unpaired) electrons. The fraction of sp³-hybridized carbons (Fsp3) is 0.520. The summed E-state index contributed by atoms with van der Waals surface area (Å²) in [5, 5.41) is 0. The SMILES string of the molecule is COc1cc(N2CCC3(CCN(CCc4ccc5c(c4C)COC5=O)CC3)C2)ccn1. The number of anilines is 1. The molecule has 0 unspecified atom stereocenters. The number of methoxy groups -OCH3 is 1. The Hall–Kier alpha value is -2.60. The van der Waals surface area contributed by atoms with Crippen molar-refractivity contribution < 1.29 is 14.3 Å². The first-order valence-corrected chi connectivity index (χ1v) is 11.3. The molecule has 0 bridgehead atoms. The molecule has 3 aliphatic rings. The van der Waals surface area contributed by atoms with E-state index in [1.807, 2.05) is 18.3 Å². The average molecular weight is 422 g/mol. The van der Waals surface area contributed by atoms with Crippen molar-refractivity contribution in [3.8, 4) is 5.88 Å². The fourth-order valence-electron chi connectivity index (χ4n) is 5.47. The van der Waals surface area contributed by atoms with E-state index in [4.69, 9.17) is 9.47 Å². The standard InChI is InChI=1S/C25H31N3O3/c1-18-19(3-4-21-22(18)16-31-24(21)29)6-11-27-12-7-25(8-13-27)9-14-28(17-25)20-5-10-26-23(15-20)30-2/h3-5,10,15H,6-9,11-14,16-17H2,1-2H3. The number of piperidine rings is 1.